The fourth-order valence-electron chi connectivity index (χ4n) is 4.62. The quantitative estimate of drug-likeness (QED) is 0.394. The van der Waals surface area contributed by atoms with E-state index in [0.717, 1.165) is 18.4 Å². The van der Waals surface area contributed by atoms with Gasteiger partial charge in [0.25, 0.3) is 0 Å². The third-order valence-corrected chi connectivity index (χ3v) is 7.43. The van der Waals surface area contributed by atoms with Crippen molar-refractivity contribution in [2.24, 2.45) is 0 Å². The van der Waals surface area contributed by atoms with Crippen LogP contribution in [0.15, 0.2) is 41.4 Å². The van der Waals surface area contributed by atoms with Crippen LogP contribution in [0.2, 0.25) is 0 Å². The molecule has 2 aromatic heterocycles. The van der Waals surface area contributed by atoms with Crippen LogP contribution in [0.3, 0.4) is 0 Å². The van der Waals surface area contributed by atoms with Gasteiger partial charge in [-0.05, 0) is 38.2 Å². The molecule has 0 saturated carbocycles. The van der Waals surface area contributed by atoms with Crippen molar-refractivity contribution < 1.29 is 31.1 Å². The minimum absolute atomic E-state index is 0.0348. The number of morpholine rings is 1. The molecule has 9 nitrogen and oxygen atoms in total. The van der Waals surface area contributed by atoms with Gasteiger partial charge in [0.1, 0.15) is 17.1 Å². The lowest BCUT2D eigenvalue weighted by Gasteiger charge is -2.33. The van der Waals surface area contributed by atoms with E-state index in [1.54, 1.807) is 18.3 Å². The number of imidazole rings is 1. The van der Waals surface area contributed by atoms with E-state index in [0.29, 0.717) is 30.3 Å². The summed E-state index contributed by atoms with van der Waals surface area (Å²) in [5.74, 6) is 5.93. The van der Waals surface area contributed by atoms with Crippen LogP contribution in [0.1, 0.15) is 23.0 Å². The number of hydrogen-bond acceptors (Lipinski definition) is 8. The second-order valence-electron chi connectivity index (χ2n) is 9.86. The Kier molecular flexibility index (Phi) is 8.94. The van der Waals surface area contributed by atoms with Crippen LogP contribution in [0.25, 0.3) is 5.65 Å². The summed E-state index contributed by atoms with van der Waals surface area (Å²) in [7, 11) is 1.91. The Morgan fingerprint density at radius 3 is 2.73 bits per heavy atom. The number of fused-ring (bicyclic) bond motifs is 1. The van der Waals surface area contributed by atoms with E-state index in [1.165, 1.54) is 23.6 Å². The number of likely N-dealkylation sites (N-methyl/N-ethyl adjacent to an activating group) is 1. The van der Waals surface area contributed by atoms with Gasteiger partial charge in [-0.1, -0.05) is 12.0 Å². The van der Waals surface area contributed by atoms with Gasteiger partial charge in [-0.3, -0.25) is 0 Å². The first-order chi connectivity index (χ1) is 18.9. The summed E-state index contributed by atoms with van der Waals surface area (Å²) in [6, 6.07) is 7.73. The molecule has 2 N–H and O–H groups in total. The lowest BCUT2D eigenvalue weighted by molar-refractivity contribution is -0.128. The van der Waals surface area contributed by atoms with Gasteiger partial charge in [-0.15, -0.1) is 0 Å². The van der Waals surface area contributed by atoms with Crippen LogP contribution in [0.4, 0.5) is 18.9 Å². The summed E-state index contributed by atoms with van der Waals surface area (Å²) >= 11 is 0. The molecule has 2 atom stereocenters. The molecular formula is C27H32F3N5O4S. The lowest BCUT2D eigenvalue weighted by Crippen LogP contribution is -2.48. The number of anilines is 1. The van der Waals surface area contributed by atoms with Crippen LogP contribution in [0, 0.1) is 11.8 Å². The molecule has 216 valence electrons. The SMILES string of the molecule is COc1cc(S(C)(=O)=O)ccc1NCC#Cc1nc2c([C@H]3COC[C@H](CN(C)C)N3)cccn2c1CC(F)(F)F. The summed E-state index contributed by atoms with van der Waals surface area (Å²) in [6.45, 7) is 1.72. The molecule has 0 radical (unpaired) electrons. The second kappa shape index (κ2) is 12.1. The number of halogens is 3. The van der Waals surface area contributed by atoms with E-state index in [2.05, 4.69) is 27.5 Å². The topological polar surface area (TPSA) is 97.2 Å². The molecule has 0 aliphatic carbocycles. The molecule has 1 fully saturated rings. The molecule has 13 heteroatoms. The molecule has 1 saturated heterocycles. The molecule has 3 heterocycles. The first-order valence-corrected chi connectivity index (χ1v) is 14.4. The van der Waals surface area contributed by atoms with Gasteiger partial charge in [0.2, 0.25) is 0 Å². The van der Waals surface area contributed by atoms with Crippen LogP contribution >= 0.6 is 0 Å². The van der Waals surface area contributed by atoms with E-state index in [9.17, 15) is 21.6 Å². The van der Waals surface area contributed by atoms with E-state index in [-0.39, 0.29) is 34.9 Å². The lowest BCUT2D eigenvalue weighted by atomic mass is 10.1. The fourth-order valence-corrected chi connectivity index (χ4v) is 5.26. The van der Waals surface area contributed by atoms with Crippen molar-refractivity contribution in [3.8, 4) is 17.6 Å². The van der Waals surface area contributed by atoms with Crippen LogP contribution in [-0.2, 0) is 21.0 Å². The van der Waals surface area contributed by atoms with Crippen molar-refractivity contribution in [1.29, 1.82) is 0 Å². The Labute approximate surface area is 231 Å². The maximum absolute atomic E-state index is 13.6. The Morgan fingerprint density at radius 2 is 2.05 bits per heavy atom. The van der Waals surface area contributed by atoms with Crippen molar-refractivity contribution >= 4 is 21.2 Å². The Morgan fingerprint density at radius 1 is 1.27 bits per heavy atom. The highest BCUT2D eigenvalue weighted by Crippen LogP contribution is 2.29. The Hall–Kier alpha value is -3.31. The van der Waals surface area contributed by atoms with Gasteiger partial charge in [0.15, 0.2) is 9.84 Å². The number of pyridine rings is 1. The van der Waals surface area contributed by atoms with Gasteiger partial charge in [-0.2, -0.15) is 13.2 Å². The minimum atomic E-state index is -4.46. The highest BCUT2D eigenvalue weighted by Gasteiger charge is 2.32. The normalized spacial score (nSPS) is 18.0. The molecule has 1 aliphatic heterocycles. The monoisotopic (exact) mass is 579 g/mol. The molecule has 3 aromatic rings. The number of rotatable bonds is 8. The zero-order valence-corrected chi connectivity index (χ0v) is 23.5. The molecule has 4 rings (SSSR count). The van der Waals surface area contributed by atoms with Crippen LogP contribution in [-0.4, -0.2) is 88.7 Å². The Bertz CT molecular complexity index is 1530. The number of aromatic nitrogens is 2. The number of nitrogens with one attached hydrogen (secondary N) is 2. The largest absolute Gasteiger partial charge is 0.495 e. The number of benzene rings is 1. The zero-order chi connectivity index (χ0) is 29.1. The van der Waals surface area contributed by atoms with Gasteiger partial charge in [0, 0.05) is 36.7 Å². The first kappa shape index (κ1) is 29.7. The van der Waals surface area contributed by atoms with Crippen molar-refractivity contribution in [2.75, 3.05) is 59.1 Å². The van der Waals surface area contributed by atoms with Crippen LogP contribution < -0.4 is 15.4 Å². The van der Waals surface area contributed by atoms with E-state index in [1.807, 2.05) is 25.1 Å². The number of ether oxygens (including phenoxy) is 2. The van der Waals surface area contributed by atoms with Crippen molar-refractivity contribution in [3.05, 3.63) is 53.5 Å². The summed E-state index contributed by atoms with van der Waals surface area (Å²) < 4.78 is 76.9. The number of nitrogens with zero attached hydrogens (tertiary/aromatic N) is 3. The molecule has 0 amide bonds. The smallest absolute Gasteiger partial charge is 0.394 e. The summed E-state index contributed by atoms with van der Waals surface area (Å²) in [6.07, 6.45) is -2.99. The summed E-state index contributed by atoms with van der Waals surface area (Å²) in [5.41, 5.74) is 1.61. The summed E-state index contributed by atoms with van der Waals surface area (Å²) in [5, 5.41) is 6.54. The van der Waals surface area contributed by atoms with E-state index >= 15 is 0 Å². The fraction of sp³-hybridized carbons (Fsp3) is 0.444. The molecule has 0 spiro atoms. The van der Waals surface area contributed by atoms with Crippen molar-refractivity contribution in [3.63, 3.8) is 0 Å². The maximum atomic E-state index is 13.6. The van der Waals surface area contributed by atoms with E-state index in [4.69, 9.17) is 9.47 Å². The number of hydrogen-bond donors (Lipinski definition) is 2. The predicted octanol–water partition coefficient (Wildman–Crippen LogP) is 2.91. The van der Waals surface area contributed by atoms with E-state index < -0.39 is 22.4 Å². The average molecular weight is 580 g/mol. The minimum Gasteiger partial charge on any atom is -0.495 e. The highest BCUT2D eigenvalue weighted by atomic mass is 32.2. The number of alkyl halides is 3. The molecule has 40 heavy (non-hydrogen) atoms. The van der Waals surface area contributed by atoms with Crippen LogP contribution in [0.5, 0.6) is 5.75 Å². The van der Waals surface area contributed by atoms with Gasteiger partial charge in [-0.25, -0.2) is 13.4 Å². The number of methoxy groups -OCH3 is 1. The molecule has 0 unspecified atom stereocenters. The van der Waals surface area contributed by atoms with Crippen molar-refractivity contribution in [1.82, 2.24) is 19.6 Å². The van der Waals surface area contributed by atoms with Gasteiger partial charge >= 0.3 is 6.18 Å². The zero-order valence-electron chi connectivity index (χ0n) is 22.7. The first-order valence-electron chi connectivity index (χ1n) is 12.5. The predicted molar refractivity (Wildman–Crippen MR) is 145 cm³/mol. The number of sulfone groups is 1. The molecule has 1 aliphatic rings. The molecular weight excluding hydrogens is 547 g/mol. The standard InChI is InChI=1S/C27H32F3N5O4S/c1-34(2)15-18-16-39-17-23(32-18)20-7-6-12-35-24(14-27(28,29)30)21(33-26(20)35)8-5-11-31-22-10-9-19(40(4,36)37)13-25(22)38-3/h6-7,9-10,12-13,18,23,31-32H,11,14-17H2,1-4H3/t18-,23+/m0/s1. The van der Waals surface area contributed by atoms with Crippen molar-refractivity contribution in [2.45, 2.75) is 29.6 Å². The van der Waals surface area contributed by atoms with Gasteiger partial charge in [0.05, 0.1) is 55.6 Å². The second-order valence-corrected chi connectivity index (χ2v) is 11.9. The molecule has 1 aromatic carbocycles. The third kappa shape index (κ3) is 7.25. The summed E-state index contributed by atoms with van der Waals surface area (Å²) in [4.78, 5) is 6.68. The van der Waals surface area contributed by atoms with Gasteiger partial charge < -0.3 is 29.4 Å². The maximum Gasteiger partial charge on any atom is 0.394 e. The molecule has 0 bridgehead atoms. The average Bonchev–Trinajstić information content (AvgIpc) is 3.21. The highest BCUT2D eigenvalue weighted by molar-refractivity contribution is 7.90. The Balaban J connectivity index is 1.63. The third-order valence-electron chi connectivity index (χ3n) is 6.32.